The molecule has 4 aromatic rings. The Balaban J connectivity index is 1.64. The molecule has 0 unspecified atom stereocenters. The van der Waals surface area contributed by atoms with Gasteiger partial charge in [-0.1, -0.05) is 17.3 Å². The van der Waals surface area contributed by atoms with Crippen LogP contribution < -0.4 is 10.4 Å². The molecule has 144 valence electrons. The summed E-state index contributed by atoms with van der Waals surface area (Å²) in [4.78, 5) is 12.6. The van der Waals surface area contributed by atoms with Gasteiger partial charge in [-0.05, 0) is 42.3 Å². The second-order valence-electron chi connectivity index (χ2n) is 6.09. The standard InChI is InChI=1S/C18H13F3N4O3/c1-11-8-14(23-28-11)10-25-17(26)24-9-13(4-7-16(24)22-25)12-2-5-15(6-3-12)27-18(19,20)21/h2-9H,10H2,1H3. The van der Waals surface area contributed by atoms with Gasteiger partial charge in [-0.3, -0.25) is 0 Å². The van der Waals surface area contributed by atoms with Gasteiger partial charge in [0.2, 0.25) is 0 Å². The minimum absolute atomic E-state index is 0.163. The second-order valence-corrected chi connectivity index (χ2v) is 6.09. The molecule has 0 saturated carbocycles. The molecule has 0 amide bonds. The quantitative estimate of drug-likeness (QED) is 0.534. The van der Waals surface area contributed by atoms with Crippen LogP contribution in [0.3, 0.4) is 0 Å². The summed E-state index contributed by atoms with van der Waals surface area (Å²) in [5, 5.41) is 8.09. The van der Waals surface area contributed by atoms with Crippen LogP contribution >= 0.6 is 0 Å². The number of aromatic nitrogens is 4. The Morgan fingerprint density at radius 1 is 1.11 bits per heavy atom. The summed E-state index contributed by atoms with van der Waals surface area (Å²) in [6.07, 6.45) is -3.17. The zero-order valence-corrected chi connectivity index (χ0v) is 14.5. The van der Waals surface area contributed by atoms with Crippen molar-refractivity contribution in [3.05, 3.63) is 70.6 Å². The van der Waals surface area contributed by atoms with Gasteiger partial charge in [-0.25, -0.2) is 13.9 Å². The highest BCUT2D eigenvalue weighted by molar-refractivity contribution is 5.65. The Kier molecular flexibility index (Phi) is 4.17. The maximum absolute atomic E-state index is 12.6. The van der Waals surface area contributed by atoms with Crippen molar-refractivity contribution in [3.8, 4) is 16.9 Å². The van der Waals surface area contributed by atoms with Crippen LogP contribution in [0.5, 0.6) is 5.75 Å². The van der Waals surface area contributed by atoms with E-state index in [9.17, 15) is 18.0 Å². The molecule has 4 rings (SSSR count). The first-order valence-corrected chi connectivity index (χ1v) is 8.16. The zero-order chi connectivity index (χ0) is 19.9. The fourth-order valence-electron chi connectivity index (χ4n) is 2.79. The van der Waals surface area contributed by atoms with E-state index in [0.29, 0.717) is 28.2 Å². The lowest BCUT2D eigenvalue weighted by Crippen LogP contribution is -2.21. The van der Waals surface area contributed by atoms with Crippen LogP contribution in [0.2, 0.25) is 0 Å². The van der Waals surface area contributed by atoms with Gasteiger partial charge in [0.1, 0.15) is 17.2 Å². The lowest BCUT2D eigenvalue weighted by molar-refractivity contribution is -0.274. The maximum Gasteiger partial charge on any atom is 0.573 e. The number of hydrogen-bond donors (Lipinski definition) is 0. The van der Waals surface area contributed by atoms with Crippen molar-refractivity contribution in [3.63, 3.8) is 0 Å². The molecular formula is C18H13F3N4O3. The summed E-state index contributed by atoms with van der Waals surface area (Å²) in [5.41, 5.74) is 1.91. The van der Waals surface area contributed by atoms with Crippen molar-refractivity contribution in [2.45, 2.75) is 19.8 Å². The number of nitrogens with zero attached hydrogens (tertiary/aromatic N) is 4. The van der Waals surface area contributed by atoms with E-state index in [1.807, 2.05) is 0 Å². The molecule has 0 saturated heterocycles. The van der Waals surface area contributed by atoms with Crippen molar-refractivity contribution in [2.24, 2.45) is 0 Å². The highest BCUT2D eigenvalue weighted by Gasteiger charge is 2.30. The largest absolute Gasteiger partial charge is 0.573 e. The number of rotatable bonds is 4. The van der Waals surface area contributed by atoms with Gasteiger partial charge < -0.3 is 9.26 Å². The van der Waals surface area contributed by atoms with Crippen LogP contribution in [0.15, 0.2) is 58.0 Å². The topological polar surface area (TPSA) is 74.6 Å². The number of ether oxygens (including phenoxy) is 1. The predicted octanol–water partition coefficient (Wildman–Crippen LogP) is 3.41. The van der Waals surface area contributed by atoms with Gasteiger partial charge in [0.05, 0.1) is 6.54 Å². The molecule has 3 heterocycles. The molecule has 28 heavy (non-hydrogen) atoms. The molecule has 0 aliphatic rings. The van der Waals surface area contributed by atoms with Crippen molar-refractivity contribution in [1.29, 1.82) is 0 Å². The average molecular weight is 390 g/mol. The Bertz CT molecular complexity index is 1190. The summed E-state index contributed by atoms with van der Waals surface area (Å²) in [7, 11) is 0. The first-order valence-electron chi connectivity index (χ1n) is 8.16. The van der Waals surface area contributed by atoms with Crippen molar-refractivity contribution >= 4 is 5.65 Å². The van der Waals surface area contributed by atoms with Crippen molar-refractivity contribution in [1.82, 2.24) is 19.3 Å². The summed E-state index contributed by atoms with van der Waals surface area (Å²) < 4.78 is 48.3. The molecule has 0 aliphatic carbocycles. The number of benzene rings is 1. The van der Waals surface area contributed by atoms with Crippen LogP contribution in [0, 0.1) is 6.92 Å². The minimum Gasteiger partial charge on any atom is -0.406 e. The third-order valence-electron chi connectivity index (χ3n) is 3.99. The number of pyridine rings is 1. The van der Waals surface area contributed by atoms with E-state index in [4.69, 9.17) is 4.52 Å². The van der Waals surface area contributed by atoms with Gasteiger partial charge in [0, 0.05) is 12.3 Å². The predicted molar refractivity (Wildman–Crippen MR) is 91.9 cm³/mol. The number of halogens is 3. The number of alkyl halides is 3. The summed E-state index contributed by atoms with van der Waals surface area (Å²) in [6, 6.07) is 10.5. The lowest BCUT2D eigenvalue weighted by Gasteiger charge is -2.09. The molecule has 0 fully saturated rings. The fraction of sp³-hybridized carbons (Fsp3) is 0.167. The molecule has 0 radical (unpaired) electrons. The molecule has 0 bridgehead atoms. The van der Waals surface area contributed by atoms with E-state index < -0.39 is 6.36 Å². The van der Waals surface area contributed by atoms with Crippen LogP contribution in [-0.2, 0) is 6.54 Å². The Morgan fingerprint density at radius 3 is 2.46 bits per heavy atom. The van der Waals surface area contributed by atoms with E-state index in [2.05, 4.69) is 15.0 Å². The van der Waals surface area contributed by atoms with Crippen LogP contribution in [0.4, 0.5) is 13.2 Å². The van der Waals surface area contributed by atoms with Crippen molar-refractivity contribution in [2.75, 3.05) is 0 Å². The Labute approximate surface area is 155 Å². The minimum atomic E-state index is -4.75. The summed E-state index contributed by atoms with van der Waals surface area (Å²) in [6.45, 7) is 1.91. The molecule has 0 aliphatic heterocycles. The highest BCUT2D eigenvalue weighted by Crippen LogP contribution is 2.26. The lowest BCUT2D eigenvalue weighted by atomic mass is 10.1. The van der Waals surface area contributed by atoms with E-state index in [1.165, 1.54) is 33.3 Å². The fourth-order valence-corrected chi connectivity index (χ4v) is 2.79. The summed E-state index contributed by atoms with van der Waals surface area (Å²) in [5.74, 6) is 0.317. The zero-order valence-electron chi connectivity index (χ0n) is 14.5. The average Bonchev–Trinajstić information content (AvgIpc) is 3.18. The normalized spacial score (nSPS) is 11.9. The van der Waals surface area contributed by atoms with Crippen LogP contribution in [0.25, 0.3) is 16.8 Å². The molecule has 0 atom stereocenters. The molecule has 0 N–H and O–H groups in total. The van der Waals surface area contributed by atoms with Gasteiger partial charge in [-0.15, -0.1) is 18.3 Å². The van der Waals surface area contributed by atoms with Crippen molar-refractivity contribution < 1.29 is 22.4 Å². The molecule has 10 heteroatoms. The number of aryl methyl sites for hydroxylation is 1. The number of hydrogen-bond acceptors (Lipinski definition) is 5. The van der Waals surface area contributed by atoms with Gasteiger partial charge in [0.25, 0.3) is 0 Å². The van der Waals surface area contributed by atoms with E-state index in [0.717, 1.165) is 0 Å². The third-order valence-corrected chi connectivity index (χ3v) is 3.99. The van der Waals surface area contributed by atoms with Crippen LogP contribution in [-0.4, -0.2) is 25.7 Å². The van der Waals surface area contributed by atoms with E-state index >= 15 is 0 Å². The molecular weight excluding hydrogens is 377 g/mol. The number of fused-ring (bicyclic) bond motifs is 1. The smallest absolute Gasteiger partial charge is 0.406 e. The third kappa shape index (κ3) is 3.61. The first kappa shape index (κ1) is 17.8. The Morgan fingerprint density at radius 2 is 1.82 bits per heavy atom. The van der Waals surface area contributed by atoms with Gasteiger partial charge in [-0.2, -0.15) is 0 Å². The molecule has 3 aromatic heterocycles. The van der Waals surface area contributed by atoms with E-state index in [-0.39, 0.29) is 18.0 Å². The summed E-state index contributed by atoms with van der Waals surface area (Å²) >= 11 is 0. The molecule has 1 aromatic carbocycles. The SMILES string of the molecule is Cc1cc(Cn2nc3ccc(-c4ccc(OC(F)(F)F)cc4)cn3c2=O)no1. The Hall–Kier alpha value is -3.56. The first-order chi connectivity index (χ1) is 13.3. The second kappa shape index (κ2) is 6.55. The maximum atomic E-state index is 12.6. The van der Waals surface area contributed by atoms with Crippen LogP contribution in [0.1, 0.15) is 11.5 Å². The van der Waals surface area contributed by atoms with Gasteiger partial charge >= 0.3 is 12.1 Å². The molecule has 0 spiro atoms. The monoisotopic (exact) mass is 390 g/mol. The molecule has 7 nitrogen and oxygen atoms in total. The highest BCUT2D eigenvalue weighted by atomic mass is 19.4. The van der Waals surface area contributed by atoms with Gasteiger partial charge in [0.15, 0.2) is 5.65 Å². The van der Waals surface area contributed by atoms with E-state index in [1.54, 1.807) is 31.3 Å².